The van der Waals surface area contributed by atoms with E-state index in [1.54, 1.807) is 6.20 Å². The van der Waals surface area contributed by atoms with Crippen molar-refractivity contribution in [1.29, 1.82) is 0 Å². The summed E-state index contributed by atoms with van der Waals surface area (Å²) < 4.78 is 4.10. The first-order chi connectivity index (χ1) is 13.7. The summed E-state index contributed by atoms with van der Waals surface area (Å²) in [6, 6.07) is 10.7. The molecule has 1 aromatic carbocycles. The summed E-state index contributed by atoms with van der Waals surface area (Å²) in [6.07, 6.45) is 4.79. The van der Waals surface area contributed by atoms with Crippen LogP contribution in [0.1, 0.15) is 35.7 Å². The maximum Gasteiger partial charge on any atom is 0.256 e. The zero-order valence-corrected chi connectivity index (χ0v) is 17.3. The Balaban J connectivity index is 1.49. The van der Waals surface area contributed by atoms with Gasteiger partial charge in [-0.15, -0.1) is 5.92 Å². The van der Waals surface area contributed by atoms with Crippen molar-refractivity contribution in [3.05, 3.63) is 53.0 Å². The van der Waals surface area contributed by atoms with Gasteiger partial charge in [0.1, 0.15) is 0 Å². The van der Waals surface area contributed by atoms with Gasteiger partial charge in [-0.05, 0) is 35.9 Å². The lowest BCUT2D eigenvalue weighted by Gasteiger charge is -2.29. The Kier molecular flexibility index (Phi) is 5.79. The van der Waals surface area contributed by atoms with Crippen molar-refractivity contribution >= 4 is 17.4 Å². The van der Waals surface area contributed by atoms with Crippen molar-refractivity contribution in [2.45, 2.75) is 26.2 Å². The molecule has 2 saturated heterocycles. The third-order valence-corrected chi connectivity index (χ3v) is 6.74. The second-order valence-electron chi connectivity index (χ2n) is 8.02. The Hall–Kier alpha value is -2.16. The first kappa shape index (κ1) is 19.2. The van der Waals surface area contributed by atoms with Crippen LogP contribution in [0.15, 0.2) is 41.9 Å². The van der Waals surface area contributed by atoms with Gasteiger partial charge in [-0.1, -0.05) is 43.2 Å². The van der Waals surface area contributed by atoms with E-state index in [2.05, 4.69) is 63.3 Å². The number of rotatable bonds is 5. The molecule has 0 spiro atoms. The van der Waals surface area contributed by atoms with Crippen LogP contribution in [0.5, 0.6) is 0 Å². The van der Waals surface area contributed by atoms with E-state index >= 15 is 0 Å². The van der Waals surface area contributed by atoms with Crippen LogP contribution in [0.3, 0.4) is 0 Å². The highest BCUT2D eigenvalue weighted by molar-refractivity contribution is 7.03. The molecule has 0 bridgehead atoms. The van der Waals surface area contributed by atoms with Crippen molar-refractivity contribution < 1.29 is 4.79 Å². The van der Waals surface area contributed by atoms with Gasteiger partial charge in [-0.2, -0.15) is 0 Å². The van der Waals surface area contributed by atoms with Crippen molar-refractivity contribution in [2.75, 3.05) is 32.7 Å². The number of amides is 1. The van der Waals surface area contributed by atoms with Gasteiger partial charge >= 0.3 is 0 Å². The number of benzene rings is 1. The number of carbonyl (C=O) groups is 1. The van der Waals surface area contributed by atoms with Crippen LogP contribution < -0.4 is 0 Å². The molecule has 2 atom stereocenters. The summed E-state index contributed by atoms with van der Waals surface area (Å²) in [5.74, 6) is 7.16. The van der Waals surface area contributed by atoms with E-state index in [1.165, 1.54) is 17.1 Å². The molecule has 2 unspecified atom stereocenters. The predicted octanol–water partition coefficient (Wildman–Crippen LogP) is 3.56. The second kappa shape index (κ2) is 8.46. The number of nitrogens with zero attached hydrogens (tertiary/aromatic N) is 3. The Bertz CT molecular complexity index is 855. The van der Waals surface area contributed by atoms with E-state index in [-0.39, 0.29) is 11.3 Å². The minimum absolute atomic E-state index is 0.138. The quantitative estimate of drug-likeness (QED) is 0.729. The minimum atomic E-state index is 0.138. The molecule has 3 heterocycles. The van der Waals surface area contributed by atoms with Crippen LogP contribution in [0, 0.1) is 23.2 Å². The maximum absolute atomic E-state index is 12.9. The molecule has 146 valence electrons. The highest BCUT2D eigenvalue weighted by Gasteiger charge is 2.52. The van der Waals surface area contributed by atoms with E-state index in [0.29, 0.717) is 5.92 Å². The number of aryl methyl sites for hydroxylation is 1. The van der Waals surface area contributed by atoms with E-state index < -0.39 is 0 Å². The molecular weight excluding hydrogens is 366 g/mol. The molecule has 1 amide bonds. The summed E-state index contributed by atoms with van der Waals surface area (Å²) in [4.78, 5) is 17.5. The van der Waals surface area contributed by atoms with Gasteiger partial charge in [0, 0.05) is 43.4 Å². The smallest absolute Gasteiger partial charge is 0.256 e. The van der Waals surface area contributed by atoms with Crippen LogP contribution >= 0.6 is 11.5 Å². The van der Waals surface area contributed by atoms with Crippen molar-refractivity contribution in [1.82, 2.24) is 14.2 Å². The predicted molar refractivity (Wildman–Crippen MR) is 113 cm³/mol. The standard InChI is InChI=1S/C23H27N3OS/c1-2-3-7-12-25-14-21-15-26(22(27)20-13-24-28-16-20)18-23(21,17-25)11-10-19-8-5-4-6-9-19/h4-6,8-9,13,16,21H,2,10-12,14-15,17-18H2,1H3. The summed E-state index contributed by atoms with van der Waals surface area (Å²) >= 11 is 1.35. The van der Waals surface area contributed by atoms with Crippen molar-refractivity contribution in [3.63, 3.8) is 0 Å². The zero-order chi connectivity index (χ0) is 19.4. The second-order valence-corrected chi connectivity index (χ2v) is 8.68. The molecule has 2 fully saturated rings. The lowest BCUT2D eigenvalue weighted by Crippen LogP contribution is -2.37. The first-order valence-electron chi connectivity index (χ1n) is 10.1. The molecule has 0 radical (unpaired) electrons. The van der Waals surface area contributed by atoms with E-state index in [9.17, 15) is 4.79 Å². The molecule has 28 heavy (non-hydrogen) atoms. The number of likely N-dealkylation sites (tertiary alicyclic amines) is 2. The van der Waals surface area contributed by atoms with Crippen LogP contribution in [0.2, 0.25) is 0 Å². The SMILES string of the molecule is CCC#CCN1CC2CN(C(=O)c3cnsc3)CC2(CCc2ccccc2)C1. The number of carbonyl (C=O) groups excluding carboxylic acids is 1. The largest absolute Gasteiger partial charge is 0.338 e. The van der Waals surface area contributed by atoms with Crippen molar-refractivity contribution in [3.8, 4) is 11.8 Å². The summed E-state index contributed by atoms with van der Waals surface area (Å²) in [5, 5.41) is 1.86. The number of aromatic nitrogens is 1. The van der Waals surface area contributed by atoms with Gasteiger partial charge < -0.3 is 4.90 Å². The van der Waals surface area contributed by atoms with Gasteiger partial charge in [0.25, 0.3) is 5.91 Å². The molecule has 0 saturated carbocycles. The Morgan fingerprint density at radius 3 is 2.86 bits per heavy atom. The summed E-state index contributed by atoms with van der Waals surface area (Å²) in [6.45, 7) is 6.71. The molecule has 5 heteroatoms. The van der Waals surface area contributed by atoms with Crippen LogP contribution in [-0.4, -0.2) is 52.8 Å². The van der Waals surface area contributed by atoms with Gasteiger partial charge in [0.2, 0.25) is 0 Å². The van der Waals surface area contributed by atoms with Crippen molar-refractivity contribution in [2.24, 2.45) is 11.3 Å². The molecule has 0 N–H and O–H groups in total. The Morgan fingerprint density at radius 2 is 2.11 bits per heavy atom. The molecule has 4 rings (SSSR count). The van der Waals surface area contributed by atoms with Gasteiger partial charge in [-0.25, -0.2) is 4.37 Å². The molecule has 1 aromatic heterocycles. The average molecular weight is 394 g/mol. The zero-order valence-electron chi connectivity index (χ0n) is 16.4. The highest BCUT2D eigenvalue weighted by atomic mass is 32.1. The summed E-state index contributed by atoms with van der Waals surface area (Å²) in [7, 11) is 0. The maximum atomic E-state index is 12.9. The van der Waals surface area contributed by atoms with Gasteiger partial charge in [0.05, 0.1) is 18.3 Å². The first-order valence-corrected chi connectivity index (χ1v) is 10.9. The summed E-state index contributed by atoms with van der Waals surface area (Å²) in [5.41, 5.74) is 2.28. The lowest BCUT2D eigenvalue weighted by molar-refractivity contribution is 0.0758. The number of fused-ring (bicyclic) bond motifs is 1. The van der Waals surface area contributed by atoms with Crippen LogP contribution in [0.25, 0.3) is 0 Å². The Labute approximate surface area is 171 Å². The number of hydrogen-bond acceptors (Lipinski definition) is 4. The Morgan fingerprint density at radius 1 is 1.25 bits per heavy atom. The highest BCUT2D eigenvalue weighted by Crippen LogP contribution is 2.46. The normalized spacial score (nSPS) is 24.0. The molecule has 2 aromatic rings. The van der Waals surface area contributed by atoms with E-state index in [4.69, 9.17) is 0 Å². The third kappa shape index (κ3) is 3.99. The van der Waals surface area contributed by atoms with Crippen LogP contribution in [0.4, 0.5) is 0 Å². The van der Waals surface area contributed by atoms with Crippen LogP contribution in [-0.2, 0) is 6.42 Å². The average Bonchev–Trinajstić information content (AvgIpc) is 3.42. The molecule has 2 aliphatic heterocycles. The fraction of sp³-hybridized carbons (Fsp3) is 0.478. The third-order valence-electron chi connectivity index (χ3n) is 6.15. The molecule has 0 aliphatic carbocycles. The van der Waals surface area contributed by atoms with Gasteiger partial charge in [0.15, 0.2) is 0 Å². The van der Waals surface area contributed by atoms with E-state index in [1.807, 2.05) is 5.38 Å². The molecular formula is C23H27N3OS. The van der Waals surface area contributed by atoms with E-state index in [0.717, 1.165) is 57.5 Å². The topological polar surface area (TPSA) is 36.4 Å². The fourth-order valence-electron chi connectivity index (χ4n) is 4.75. The minimum Gasteiger partial charge on any atom is -0.338 e. The van der Waals surface area contributed by atoms with Gasteiger partial charge in [-0.3, -0.25) is 9.69 Å². The molecule has 4 nitrogen and oxygen atoms in total. The monoisotopic (exact) mass is 393 g/mol. The lowest BCUT2D eigenvalue weighted by atomic mass is 9.76. The molecule has 2 aliphatic rings. The fourth-order valence-corrected chi connectivity index (χ4v) is 5.26. The number of hydrogen-bond donors (Lipinski definition) is 0.